The lowest BCUT2D eigenvalue weighted by atomic mass is 10.1. The van der Waals surface area contributed by atoms with Gasteiger partial charge in [-0.05, 0) is 31.7 Å². The van der Waals surface area contributed by atoms with Gasteiger partial charge < -0.3 is 10.6 Å². The van der Waals surface area contributed by atoms with E-state index in [1.165, 1.54) is 16.1 Å². The van der Waals surface area contributed by atoms with Gasteiger partial charge in [-0.25, -0.2) is 0 Å². The average molecular weight is 238 g/mol. The SMILES string of the molecule is CCSc1cccc(N(C)C(C)C)c1CN. The normalized spacial score (nSPS) is 10.9. The summed E-state index contributed by atoms with van der Waals surface area (Å²) >= 11 is 1.86. The van der Waals surface area contributed by atoms with Crippen LogP contribution in [0.2, 0.25) is 0 Å². The lowest BCUT2D eigenvalue weighted by molar-refractivity contribution is 0.747. The first kappa shape index (κ1) is 13.4. The Bertz CT molecular complexity index is 337. The summed E-state index contributed by atoms with van der Waals surface area (Å²) in [6, 6.07) is 6.92. The van der Waals surface area contributed by atoms with Crippen LogP contribution in [0.3, 0.4) is 0 Å². The molecular weight excluding hydrogens is 216 g/mol. The predicted octanol–water partition coefficient (Wildman–Crippen LogP) is 3.10. The van der Waals surface area contributed by atoms with E-state index < -0.39 is 0 Å². The predicted molar refractivity (Wildman–Crippen MR) is 74.3 cm³/mol. The van der Waals surface area contributed by atoms with Gasteiger partial charge in [-0.3, -0.25) is 0 Å². The van der Waals surface area contributed by atoms with Crippen LogP contribution in [0, 0.1) is 0 Å². The van der Waals surface area contributed by atoms with Crippen LogP contribution >= 0.6 is 11.8 Å². The fourth-order valence-corrected chi connectivity index (χ4v) is 2.51. The maximum atomic E-state index is 5.88. The van der Waals surface area contributed by atoms with E-state index in [4.69, 9.17) is 5.73 Å². The molecule has 1 aromatic carbocycles. The molecular formula is C13H22N2S. The smallest absolute Gasteiger partial charge is 0.0422 e. The molecule has 0 saturated heterocycles. The van der Waals surface area contributed by atoms with Crippen LogP contribution in [0.4, 0.5) is 5.69 Å². The van der Waals surface area contributed by atoms with Gasteiger partial charge in [-0.2, -0.15) is 0 Å². The van der Waals surface area contributed by atoms with E-state index in [0.717, 1.165) is 5.75 Å². The third-order valence-electron chi connectivity index (χ3n) is 2.77. The van der Waals surface area contributed by atoms with Crippen LogP contribution in [-0.2, 0) is 6.54 Å². The molecule has 0 unspecified atom stereocenters. The van der Waals surface area contributed by atoms with E-state index in [9.17, 15) is 0 Å². The minimum Gasteiger partial charge on any atom is -0.372 e. The third-order valence-corrected chi connectivity index (χ3v) is 3.75. The molecule has 0 spiro atoms. The van der Waals surface area contributed by atoms with Crippen molar-refractivity contribution in [2.45, 2.75) is 38.3 Å². The Kier molecular flexibility index (Phi) is 5.16. The minimum atomic E-state index is 0.493. The number of nitrogens with zero attached hydrogens (tertiary/aromatic N) is 1. The maximum absolute atomic E-state index is 5.88. The lowest BCUT2D eigenvalue weighted by Gasteiger charge is -2.27. The van der Waals surface area contributed by atoms with Crippen LogP contribution in [0.25, 0.3) is 0 Å². The number of hydrogen-bond acceptors (Lipinski definition) is 3. The number of thioether (sulfide) groups is 1. The van der Waals surface area contributed by atoms with Crippen LogP contribution in [0.1, 0.15) is 26.3 Å². The molecule has 2 N–H and O–H groups in total. The first-order valence-corrected chi connectivity index (χ1v) is 6.78. The highest BCUT2D eigenvalue weighted by Gasteiger charge is 2.12. The highest BCUT2D eigenvalue weighted by molar-refractivity contribution is 7.99. The van der Waals surface area contributed by atoms with Crippen molar-refractivity contribution in [2.75, 3.05) is 17.7 Å². The second-order valence-electron chi connectivity index (χ2n) is 4.10. The molecule has 0 aromatic heterocycles. The van der Waals surface area contributed by atoms with Gasteiger partial charge in [0, 0.05) is 35.8 Å². The largest absolute Gasteiger partial charge is 0.372 e. The molecule has 0 bridgehead atoms. The molecule has 1 rings (SSSR count). The molecule has 0 aliphatic heterocycles. The van der Waals surface area contributed by atoms with E-state index in [1.807, 2.05) is 11.8 Å². The molecule has 16 heavy (non-hydrogen) atoms. The number of anilines is 1. The summed E-state index contributed by atoms with van der Waals surface area (Å²) in [4.78, 5) is 3.59. The fourth-order valence-electron chi connectivity index (χ4n) is 1.66. The van der Waals surface area contributed by atoms with Gasteiger partial charge in [0.25, 0.3) is 0 Å². The molecule has 3 heteroatoms. The Labute approximate surface area is 103 Å². The Hall–Kier alpha value is -0.670. The molecule has 0 fully saturated rings. The van der Waals surface area contributed by atoms with Crippen LogP contribution in [0.5, 0.6) is 0 Å². The summed E-state index contributed by atoms with van der Waals surface area (Å²) in [5.74, 6) is 1.09. The van der Waals surface area contributed by atoms with Crippen molar-refractivity contribution in [3.63, 3.8) is 0 Å². The van der Waals surface area contributed by atoms with Gasteiger partial charge in [-0.15, -0.1) is 11.8 Å². The number of nitrogens with two attached hydrogens (primary N) is 1. The third kappa shape index (κ3) is 2.92. The van der Waals surface area contributed by atoms with Crippen molar-refractivity contribution in [3.8, 4) is 0 Å². The van der Waals surface area contributed by atoms with E-state index in [-0.39, 0.29) is 0 Å². The van der Waals surface area contributed by atoms with Crippen molar-refractivity contribution >= 4 is 17.4 Å². The van der Waals surface area contributed by atoms with Crippen molar-refractivity contribution in [2.24, 2.45) is 5.73 Å². The van der Waals surface area contributed by atoms with Gasteiger partial charge in [0.1, 0.15) is 0 Å². The van der Waals surface area contributed by atoms with E-state index in [2.05, 4.69) is 50.9 Å². The first-order valence-electron chi connectivity index (χ1n) is 5.79. The molecule has 0 atom stereocenters. The Morgan fingerprint density at radius 1 is 1.38 bits per heavy atom. The molecule has 2 nitrogen and oxygen atoms in total. The van der Waals surface area contributed by atoms with E-state index >= 15 is 0 Å². The summed E-state index contributed by atoms with van der Waals surface area (Å²) in [5, 5.41) is 0. The fraction of sp³-hybridized carbons (Fsp3) is 0.538. The van der Waals surface area contributed by atoms with Gasteiger partial charge >= 0.3 is 0 Å². The van der Waals surface area contributed by atoms with Gasteiger partial charge in [0.15, 0.2) is 0 Å². The summed E-state index contributed by atoms with van der Waals surface area (Å²) in [7, 11) is 2.12. The second kappa shape index (κ2) is 6.16. The first-order chi connectivity index (χ1) is 7.61. The molecule has 0 amide bonds. The highest BCUT2D eigenvalue weighted by Crippen LogP contribution is 2.30. The lowest BCUT2D eigenvalue weighted by Crippen LogP contribution is -2.27. The zero-order valence-electron chi connectivity index (χ0n) is 10.7. The van der Waals surface area contributed by atoms with E-state index in [1.54, 1.807) is 0 Å². The zero-order valence-corrected chi connectivity index (χ0v) is 11.5. The maximum Gasteiger partial charge on any atom is 0.0422 e. The number of hydrogen-bond donors (Lipinski definition) is 1. The van der Waals surface area contributed by atoms with Crippen molar-refractivity contribution < 1.29 is 0 Å². The number of rotatable bonds is 5. The summed E-state index contributed by atoms with van der Waals surface area (Å²) in [5.41, 5.74) is 8.41. The highest BCUT2D eigenvalue weighted by atomic mass is 32.2. The summed E-state index contributed by atoms with van der Waals surface area (Å²) in [6.07, 6.45) is 0. The van der Waals surface area contributed by atoms with Crippen LogP contribution < -0.4 is 10.6 Å². The van der Waals surface area contributed by atoms with Crippen molar-refractivity contribution in [1.29, 1.82) is 0 Å². The van der Waals surface area contributed by atoms with Crippen molar-refractivity contribution in [3.05, 3.63) is 23.8 Å². The Morgan fingerprint density at radius 3 is 2.56 bits per heavy atom. The van der Waals surface area contributed by atoms with Crippen LogP contribution in [0.15, 0.2) is 23.1 Å². The quantitative estimate of drug-likeness (QED) is 0.799. The monoisotopic (exact) mass is 238 g/mol. The summed E-state index contributed by atoms with van der Waals surface area (Å²) < 4.78 is 0. The molecule has 0 saturated carbocycles. The molecule has 90 valence electrons. The topological polar surface area (TPSA) is 29.3 Å². The second-order valence-corrected chi connectivity index (χ2v) is 5.40. The Balaban J connectivity index is 3.12. The standard InChI is InChI=1S/C13H22N2S/c1-5-16-13-8-6-7-12(11(13)9-14)15(4)10(2)3/h6-8,10H,5,9,14H2,1-4H3. The van der Waals surface area contributed by atoms with Crippen LogP contribution in [-0.4, -0.2) is 18.8 Å². The summed E-state index contributed by atoms with van der Waals surface area (Å²) in [6.45, 7) is 7.17. The minimum absolute atomic E-state index is 0.493. The number of benzene rings is 1. The molecule has 0 heterocycles. The van der Waals surface area contributed by atoms with Crippen molar-refractivity contribution in [1.82, 2.24) is 0 Å². The zero-order chi connectivity index (χ0) is 12.1. The Morgan fingerprint density at radius 2 is 2.06 bits per heavy atom. The average Bonchev–Trinajstić information content (AvgIpc) is 2.28. The molecule has 0 aliphatic rings. The molecule has 1 aromatic rings. The molecule has 0 radical (unpaired) electrons. The van der Waals surface area contributed by atoms with Gasteiger partial charge in [-0.1, -0.05) is 13.0 Å². The van der Waals surface area contributed by atoms with E-state index in [0.29, 0.717) is 12.6 Å². The van der Waals surface area contributed by atoms with Gasteiger partial charge in [0.2, 0.25) is 0 Å². The van der Waals surface area contributed by atoms with Gasteiger partial charge in [0.05, 0.1) is 0 Å². The molecule has 0 aliphatic carbocycles.